The summed E-state index contributed by atoms with van der Waals surface area (Å²) >= 11 is 0. The van der Waals surface area contributed by atoms with Crippen molar-refractivity contribution in [1.29, 1.82) is 5.26 Å². The quantitative estimate of drug-likeness (QED) is 0.193. The summed E-state index contributed by atoms with van der Waals surface area (Å²) in [6, 6.07) is 16.4. The van der Waals surface area contributed by atoms with Gasteiger partial charge < -0.3 is 20.1 Å². The normalized spacial score (nSPS) is 19.1. The Balaban J connectivity index is 1.16. The van der Waals surface area contributed by atoms with Gasteiger partial charge in [-0.25, -0.2) is 19.0 Å². The number of nitriles is 1. The van der Waals surface area contributed by atoms with Gasteiger partial charge in [-0.2, -0.15) is 10.4 Å². The predicted octanol–water partition coefficient (Wildman–Crippen LogP) is 5.26. The van der Waals surface area contributed by atoms with Crippen LogP contribution in [0.3, 0.4) is 0 Å². The minimum atomic E-state index is -0.534. The van der Waals surface area contributed by atoms with Crippen LogP contribution < -0.4 is 10.5 Å². The third-order valence-corrected chi connectivity index (χ3v) is 9.19. The molecule has 2 N–H and O–H groups in total. The molecule has 12 heteroatoms. The van der Waals surface area contributed by atoms with E-state index in [0.29, 0.717) is 73.4 Å². The molecule has 7 rings (SSSR count). The van der Waals surface area contributed by atoms with Crippen LogP contribution in [0.4, 0.5) is 10.2 Å². The number of anilines is 1. The lowest BCUT2D eigenvalue weighted by Gasteiger charge is -2.46. The average molecular weight is 637 g/mol. The lowest BCUT2D eigenvalue weighted by molar-refractivity contribution is -0.128. The van der Waals surface area contributed by atoms with Crippen molar-refractivity contribution < 1.29 is 18.7 Å². The van der Waals surface area contributed by atoms with Gasteiger partial charge in [-0.05, 0) is 69.9 Å². The number of nitrogens with two attached hydrogens (primary N) is 1. The van der Waals surface area contributed by atoms with Crippen LogP contribution >= 0.6 is 0 Å². The Morgan fingerprint density at radius 3 is 2.60 bits per heavy atom. The molecule has 4 aromatic rings. The Morgan fingerprint density at radius 1 is 1.13 bits per heavy atom. The number of fused-ring (bicyclic) bond motifs is 1. The number of para-hydroxylation sites is 1. The van der Waals surface area contributed by atoms with Gasteiger partial charge in [-0.1, -0.05) is 18.2 Å². The Hall–Kier alpha value is -4.86. The van der Waals surface area contributed by atoms with Gasteiger partial charge in [0.1, 0.15) is 46.8 Å². The van der Waals surface area contributed by atoms with Crippen LogP contribution in [-0.4, -0.2) is 79.4 Å². The molecule has 47 heavy (non-hydrogen) atoms. The van der Waals surface area contributed by atoms with E-state index in [9.17, 15) is 10.1 Å². The van der Waals surface area contributed by atoms with Crippen molar-refractivity contribution in [2.75, 3.05) is 32.0 Å². The van der Waals surface area contributed by atoms with Crippen molar-refractivity contribution >= 4 is 22.8 Å². The van der Waals surface area contributed by atoms with E-state index in [4.69, 9.17) is 20.3 Å². The zero-order valence-corrected chi connectivity index (χ0v) is 26.5. The number of nitrogen functional groups attached to an aromatic ring is 1. The van der Waals surface area contributed by atoms with Crippen LogP contribution in [0.2, 0.25) is 0 Å². The molecule has 4 heterocycles. The van der Waals surface area contributed by atoms with Gasteiger partial charge in [0.25, 0.3) is 5.91 Å². The fourth-order valence-electron chi connectivity index (χ4n) is 6.87. The molecule has 0 spiro atoms. The molecule has 3 aliphatic rings. The first kappa shape index (κ1) is 30.8. The zero-order valence-electron chi connectivity index (χ0n) is 26.5. The molecule has 2 aliphatic heterocycles. The lowest BCUT2D eigenvalue weighted by atomic mass is 9.94. The number of nitrogens with zero attached hydrogens (tertiary/aromatic N) is 7. The van der Waals surface area contributed by atoms with Crippen LogP contribution in [0.5, 0.6) is 11.5 Å². The highest BCUT2D eigenvalue weighted by molar-refractivity contribution is 5.99. The first-order chi connectivity index (χ1) is 22.7. The maximum atomic E-state index is 15.7. The Morgan fingerprint density at radius 2 is 1.91 bits per heavy atom. The predicted molar refractivity (Wildman–Crippen MR) is 174 cm³/mol. The largest absolute Gasteiger partial charge is 0.457 e. The van der Waals surface area contributed by atoms with Crippen molar-refractivity contribution in [3.05, 3.63) is 72.3 Å². The molecule has 11 nitrogen and oxygen atoms in total. The molecular weight excluding hydrogens is 599 g/mol. The summed E-state index contributed by atoms with van der Waals surface area (Å²) in [4.78, 5) is 26.6. The monoisotopic (exact) mass is 636 g/mol. The summed E-state index contributed by atoms with van der Waals surface area (Å²) in [5.74, 6) is 0.274. The number of carbonyl (C=O) groups is 1. The molecule has 2 saturated heterocycles. The van der Waals surface area contributed by atoms with Crippen molar-refractivity contribution in [3.8, 4) is 28.8 Å². The molecule has 3 fully saturated rings. The molecule has 0 radical (unpaired) electrons. The van der Waals surface area contributed by atoms with E-state index in [2.05, 4.69) is 34.8 Å². The number of carbonyl (C=O) groups excluding carboxylic acids is 1. The van der Waals surface area contributed by atoms with Gasteiger partial charge in [0.2, 0.25) is 0 Å². The van der Waals surface area contributed by atoms with E-state index in [1.54, 1.807) is 33.8 Å². The minimum absolute atomic E-state index is 0.124. The molecule has 0 bridgehead atoms. The molecule has 1 saturated carbocycles. The van der Waals surface area contributed by atoms with Crippen LogP contribution in [0.1, 0.15) is 45.6 Å². The van der Waals surface area contributed by atoms with Crippen molar-refractivity contribution in [2.45, 2.75) is 63.2 Å². The summed E-state index contributed by atoms with van der Waals surface area (Å²) in [6.45, 7) is 6.29. The first-order valence-corrected chi connectivity index (χ1v) is 16.0. The number of rotatable bonds is 9. The fraction of sp³-hybridized carbons (Fsp3) is 0.400. The SMILES string of the molecule is CC(C)(/C=C(/C#N)C(=O)N1CCCC(n2nc(-c3ccc(Oc4ccccc4)cc3F)c3c(N)ncnc32)C1)N(C1CC1)C1COC1. The molecular formula is C35H37FN8O3. The average Bonchev–Trinajstić information content (AvgIpc) is 3.81. The summed E-state index contributed by atoms with van der Waals surface area (Å²) in [6.07, 6.45) is 6.81. The van der Waals surface area contributed by atoms with Crippen LogP contribution in [0.15, 0.2) is 66.5 Å². The Kier molecular flexibility index (Phi) is 8.11. The van der Waals surface area contributed by atoms with Crippen molar-refractivity contribution in [3.63, 3.8) is 0 Å². The van der Waals surface area contributed by atoms with E-state index in [-0.39, 0.29) is 34.9 Å². The van der Waals surface area contributed by atoms with Crippen LogP contribution in [-0.2, 0) is 9.53 Å². The van der Waals surface area contributed by atoms with E-state index >= 15 is 4.39 Å². The second-order valence-corrected chi connectivity index (χ2v) is 13.0. The van der Waals surface area contributed by atoms with Gasteiger partial charge in [0, 0.05) is 36.3 Å². The minimum Gasteiger partial charge on any atom is -0.457 e. The summed E-state index contributed by atoms with van der Waals surface area (Å²) < 4.78 is 28.7. The van der Waals surface area contributed by atoms with Crippen molar-refractivity contribution in [1.82, 2.24) is 29.5 Å². The molecule has 2 aromatic carbocycles. The number of benzene rings is 2. The summed E-state index contributed by atoms with van der Waals surface area (Å²) in [7, 11) is 0. The van der Waals surface area contributed by atoms with Gasteiger partial charge in [0.05, 0.1) is 30.7 Å². The second-order valence-electron chi connectivity index (χ2n) is 13.0. The fourth-order valence-corrected chi connectivity index (χ4v) is 6.87. The number of aromatic nitrogens is 4. The van der Waals surface area contributed by atoms with Gasteiger partial charge in [0.15, 0.2) is 5.65 Å². The number of piperidine rings is 1. The van der Waals surface area contributed by atoms with E-state index in [0.717, 1.165) is 12.8 Å². The van der Waals surface area contributed by atoms with Gasteiger partial charge in [-0.3, -0.25) is 9.69 Å². The highest BCUT2D eigenvalue weighted by atomic mass is 19.1. The van der Waals surface area contributed by atoms with E-state index in [1.807, 2.05) is 24.3 Å². The molecule has 1 unspecified atom stereocenters. The lowest BCUT2D eigenvalue weighted by Crippen LogP contribution is -2.58. The number of ether oxygens (including phenoxy) is 2. The van der Waals surface area contributed by atoms with Crippen molar-refractivity contribution in [2.24, 2.45) is 0 Å². The topological polar surface area (TPSA) is 135 Å². The highest BCUT2D eigenvalue weighted by Gasteiger charge is 2.44. The molecule has 1 aliphatic carbocycles. The first-order valence-electron chi connectivity index (χ1n) is 16.0. The third-order valence-electron chi connectivity index (χ3n) is 9.19. The maximum Gasteiger partial charge on any atom is 0.264 e. The van der Waals surface area contributed by atoms with E-state index in [1.165, 1.54) is 12.4 Å². The maximum absolute atomic E-state index is 15.7. The molecule has 1 atom stereocenters. The number of halogens is 1. The highest BCUT2D eigenvalue weighted by Crippen LogP contribution is 2.39. The summed E-state index contributed by atoms with van der Waals surface area (Å²) in [5.41, 5.74) is 6.96. The van der Waals surface area contributed by atoms with Crippen LogP contribution in [0, 0.1) is 17.1 Å². The van der Waals surface area contributed by atoms with Gasteiger partial charge >= 0.3 is 0 Å². The molecule has 1 amide bonds. The number of amides is 1. The third kappa shape index (κ3) is 6.04. The standard InChI is InChI=1S/C35H37FN8O3/c1-35(2,43(23-10-11-23)25-19-46-20-25)16-22(17-37)34(45)42-14-6-7-24(18-42)44-33-30(32(38)39-21-40-33)31(41-44)28-13-12-27(15-29(28)36)47-26-8-4-3-5-9-26/h3-5,8-9,12-13,15-16,21,23-25H,6-7,10-11,14,18-20H2,1-2H3,(H2,38,39,40)/b22-16-. The molecule has 242 valence electrons. The Bertz CT molecular complexity index is 1880. The zero-order chi connectivity index (χ0) is 32.7. The van der Waals surface area contributed by atoms with Gasteiger partial charge in [-0.15, -0.1) is 0 Å². The number of hydrogen-bond acceptors (Lipinski definition) is 9. The Labute approximate surface area is 272 Å². The number of likely N-dealkylation sites (tertiary alicyclic amines) is 1. The van der Waals surface area contributed by atoms with Crippen LogP contribution in [0.25, 0.3) is 22.3 Å². The second kappa shape index (κ2) is 12.4. The molecule has 2 aromatic heterocycles. The number of hydrogen-bond donors (Lipinski definition) is 1. The summed E-state index contributed by atoms with van der Waals surface area (Å²) in [5, 5.41) is 15.4. The smallest absolute Gasteiger partial charge is 0.264 e. The van der Waals surface area contributed by atoms with E-state index < -0.39 is 11.4 Å².